The molecule has 1 spiro atoms. The predicted octanol–water partition coefficient (Wildman–Crippen LogP) is 6.45. The number of nitrogens with one attached hydrogen (secondary N) is 1. The minimum atomic E-state index is -3.74. The van der Waals surface area contributed by atoms with E-state index >= 15 is 0 Å². The van der Waals surface area contributed by atoms with Crippen LogP contribution < -0.4 is 19.1 Å². The SMILES string of the molecule is COc1nn(C)cc1C(=O)NS1(=O)=NC(=O)c2ccc3c(c2)N(CC2CC[C@H]2[C@@H](OC(C)=O)/C=C\C[C@H](C)[C@H]1C)C[C@@]1(CCCc2cc(Cl)ccc21)CO3. The van der Waals surface area contributed by atoms with E-state index in [4.69, 9.17) is 25.8 Å². The Kier molecular flexibility index (Phi) is 10.6. The smallest absolute Gasteiger partial charge is 0.303 e. The summed E-state index contributed by atoms with van der Waals surface area (Å²) in [6, 6.07) is 11.3. The number of anilines is 1. The molecule has 2 amide bonds. The molecule has 2 aliphatic carbocycles. The van der Waals surface area contributed by atoms with Crippen molar-refractivity contribution in [3.8, 4) is 11.6 Å². The Labute approximate surface area is 321 Å². The number of aryl methyl sites for hydroxylation is 2. The number of carbonyl (C=O) groups is 3. The summed E-state index contributed by atoms with van der Waals surface area (Å²) in [4.78, 5) is 42.6. The molecule has 54 heavy (non-hydrogen) atoms. The van der Waals surface area contributed by atoms with Crippen molar-refractivity contribution in [1.29, 1.82) is 0 Å². The third-order valence-electron chi connectivity index (χ3n) is 11.8. The molecule has 2 bridgehead atoms. The molecule has 288 valence electrons. The minimum absolute atomic E-state index is 0.0549. The molecular formula is C40H48ClN5O7S. The number of allylic oxidation sites excluding steroid dienone is 1. The molecule has 14 heteroatoms. The van der Waals surface area contributed by atoms with E-state index in [1.54, 1.807) is 32.2 Å². The highest BCUT2D eigenvalue weighted by atomic mass is 35.5. The number of aromatic nitrogens is 2. The Balaban J connectivity index is 1.34. The number of carbonyl (C=O) groups excluding carboxylic acids is 3. The van der Waals surface area contributed by atoms with E-state index < -0.39 is 33.1 Å². The molecule has 3 heterocycles. The van der Waals surface area contributed by atoms with Gasteiger partial charge >= 0.3 is 5.97 Å². The van der Waals surface area contributed by atoms with Crippen molar-refractivity contribution in [2.75, 3.05) is 31.7 Å². The average molecular weight is 778 g/mol. The summed E-state index contributed by atoms with van der Waals surface area (Å²) in [5.74, 6) is -1.10. The number of fused-ring (bicyclic) bond motifs is 4. The van der Waals surface area contributed by atoms with E-state index in [-0.39, 0.29) is 46.1 Å². The molecule has 4 aliphatic rings. The molecule has 2 aliphatic heterocycles. The number of halogens is 1. The summed E-state index contributed by atoms with van der Waals surface area (Å²) < 4.78 is 41.2. The monoisotopic (exact) mass is 777 g/mol. The Morgan fingerprint density at radius 2 is 1.96 bits per heavy atom. The Bertz CT molecular complexity index is 2130. The number of benzene rings is 2. The van der Waals surface area contributed by atoms with Crippen LogP contribution in [0, 0.1) is 17.8 Å². The van der Waals surface area contributed by atoms with Crippen LogP contribution in [0.5, 0.6) is 11.6 Å². The molecule has 1 aromatic heterocycles. The first-order chi connectivity index (χ1) is 25.8. The molecule has 0 radical (unpaired) electrons. The summed E-state index contributed by atoms with van der Waals surface area (Å²) in [6.45, 7) is 6.77. The fourth-order valence-corrected chi connectivity index (χ4v) is 10.6. The lowest BCUT2D eigenvalue weighted by molar-refractivity contribution is -0.149. The fourth-order valence-electron chi connectivity index (χ4n) is 8.52. The van der Waals surface area contributed by atoms with Gasteiger partial charge in [0.1, 0.15) is 27.3 Å². The lowest BCUT2D eigenvalue weighted by Gasteiger charge is -2.46. The third kappa shape index (κ3) is 7.36. The van der Waals surface area contributed by atoms with Crippen LogP contribution in [0.15, 0.2) is 59.1 Å². The first-order valence-corrected chi connectivity index (χ1v) is 20.6. The number of nitrogens with zero attached hydrogens (tertiary/aromatic N) is 4. The van der Waals surface area contributed by atoms with E-state index in [1.807, 2.05) is 25.1 Å². The van der Waals surface area contributed by atoms with Gasteiger partial charge in [-0.3, -0.25) is 23.8 Å². The number of amides is 2. The topological polar surface area (TPSA) is 141 Å². The van der Waals surface area contributed by atoms with E-state index in [9.17, 15) is 18.6 Å². The highest BCUT2D eigenvalue weighted by Crippen LogP contribution is 2.47. The molecule has 3 aromatic rings. The molecule has 0 saturated heterocycles. The molecule has 1 N–H and O–H groups in total. The van der Waals surface area contributed by atoms with Gasteiger partial charge in [0.25, 0.3) is 11.8 Å². The second-order valence-electron chi connectivity index (χ2n) is 15.3. The van der Waals surface area contributed by atoms with Gasteiger partial charge in [0, 0.05) is 55.2 Å². The van der Waals surface area contributed by atoms with Crippen molar-refractivity contribution in [3.05, 3.63) is 82.0 Å². The highest BCUT2D eigenvalue weighted by Gasteiger charge is 2.45. The average Bonchev–Trinajstić information content (AvgIpc) is 3.44. The molecule has 12 nitrogen and oxygen atoms in total. The Hall–Kier alpha value is -4.36. The standard InChI is InChI=1S/C40H48ClN5O7S/c1-24-8-6-10-35(53-26(3)47)31-14-11-29(31)20-46-22-40(17-7-9-27-18-30(41)13-15-33(27)40)23-52-36-16-12-28(19-34(36)46)37(48)43-54(50,25(24)2)44-38(49)32-21-45(4)42-39(32)51-5/h6,10,12-13,15-16,18-19,21,24-25,29,31,35H,7-9,11,14,17,20,22-23H2,1-5H3,(H,43,44,48,49,50)/b10-6-/t24-,25+,29?,31+,35-,40-,54?/m0/s1. The second-order valence-corrected chi connectivity index (χ2v) is 18.0. The molecule has 2 unspecified atom stereocenters. The molecule has 1 saturated carbocycles. The van der Waals surface area contributed by atoms with E-state index in [0.29, 0.717) is 36.9 Å². The lowest BCUT2D eigenvalue weighted by Crippen LogP contribution is -2.49. The number of hydrogen-bond acceptors (Lipinski definition) is 9. The van der Waals surface area contributed by atoms with E-state index in [2.05, 4.69) is 31.2 Å². The van der Waals surface area contributed by atoms with Crippen LogP contribution in [0.1, 0.15) is 84.7 Å². The van der Waals surface area contributed by atoms with Gasteiger partial charge in [0.15, 0.2) is 0 Å². The van der Waals surface area contributed by atoms with Crippen LogP contribution in [-0.2, 0) is 38.3 Å². The number of methoxy groups -OCH3 is 1. The minimum Gasteiger partial charge on any atom is -0.490 e. The number of ether oxygens (including phenoxy) is 3. The molecule has 7 atom stereocenters. The first kappa shape index (κ1) is 37.9. The van der Waals surface area contributed by atoms with Gasteiger partial charge in [-0.05, 0) is 105 Å². The van der Waals surface area contributed by atoms with Crippen LogP contribution >= 0.6 is 11.6 Å². The normalized spacial score (nSPS) is 30.0. The molecule has 1 fully saturated rings. The Morgan fingerprint density at radius 3 is 2.70 bits per heavy atom. The summed E-state index contributed by atoms with van der Waals surface area (Å²) in [6.07, 6.45) is 10.1. The predicted molar refractivity (Wildman–Crippen MR) is 206 cm³/mol. The van der Waals surface area contributed by atoms with Gasteiger partial charge in [0.05, 0.1) is 24.7 Å². The van der Waals surface area contributed by atoms with Crippen LogP contribution in [0.25, 0.3) is 0 Å². The van der Waals surface area contributed by atoms with Crippen molar-refractivity contribution in [2.24, 2.45) is 29.2 Å². The molecule has 7 rings (SSSR count). The van der Waals surface area contributed by atoms with Crippen molar-refractivity contribution in [1.82, 2.24) is 14.5 Å². The van der Waals surface area contributed by atoms with Gasteiger partial charge in [-0.25, -0.2) is 4.21 Å². The molecule has 2 aromatic carbocycles. The van der Waals surface area contributed by atoms with E-state index in [1.165, 1.54) is 36.0 Å². The lowest BCUT2D eigenvalue weighted by atomic mass is 9.68. The summed E-state index contributed by atoms with van der Waals surface area (Å²) >= 11 is 6.46. The van der Waals surface area contributed by atoms with Crippen LogP contribution in [0.2, 0.25) is 5.02 Å². The zero-order valence-corrected chi connectivity index (χ0v) is 33.0. The van der Waals surface area contributed by atoms with Gasteiger partial charge in [-0.15, -0.1) is 9.46 Å². The Morgan fingerprint density at radius 1 is 1.15 bits per heavy atom. The maximum absolute atomic E-state index is 14.9. The third-order valence-corrected chi connectivity index (χ3v) is 14.4. The number of esters is 1. The van der Waals surface area contributed by atoms with Gasteiger partial charge in [-0.1, -0.05) is 30.7 Å². The van der Waals surface area contributed by atoms with Crippen LogP contribution in [-0.4, -0.2) is 69.9 Å². The van der Waals surface area contributed by atoms with Crippen molar-refractivity contribution in [2.45, 2.75) is 76.1 Å². The van der Waals surface area contributed by atoms with Crippen LogP contribution in [0.3, 0.4) is 0 Å². The zero-order valence-electron chi connectivity index (χ0n) is 31.4. The summed E-state index contributed by atoms with van der Waals surface area (Å²) in [7, 11) is -0.710. The van der Waals surface area contributed by atoms with Gasteiger partial charge < -0.3 is 19.1 Å². The van der Waals surface area contributed by atoms with Gasteiger partial charge in [-0.2, -0.15) is 0 Å². The largest absolute Gasteiger partial charge is 0.490 e. The van der Waals surface area contributed by atoms with E-state index in [0.717, 1.165) is 37.8 Å². The van der Waals surface area contributed by atoms with Crippen molar-refractivity contribution >= 4 is 45.0 Å². The number of hydrogen-bond donors (Lipinski definition) is 1. The summed E-state index contributed by atoms with van der Waals surface area (Å²) in [5.41, 5.74) is 3.14. The maximum atomic E-state index is 14.9. The fraction of sp³-hybridized carbons (Fsp3) is 0.500. The zero-order chi connectivity index (χ0) is 38.4. The highest BCUT2D eigenvalue weighted by molar-refractivity contribution is 7.93. The van der Waals surface area contributed by atoms with Crippen molar-refractivity contribution in [3.63, 3.8) is 0 Å². The second kappa shape index (κ2) is 15.1. The molecular weight excluding hydrogens is 730 g/mol. The van der Waals surface area contributed by atoms with Crippen LogP contribution in [0.4, 0.5) is 5.69 Å². The summed E-state index contributed by atoms with van der Waals surface area (Å²) in [5, 5.41) is 4.09. The maximum Gasteiger partial charge on any atom is 0.303 e. The van der Waals surface area contributed by atoms with Crippen molar-refractivity contribution < 1.29 is 32.8 Å². The first-order valence-electron chi connectivity index (χ1n) is 18.6. The number of rotatable bonds is 4. The van der Waals surface area contributed by atoms with Gasteiger partial charge in [0.2, 0.25) is 5.88 Å². The quantitative estimate of drug-likeness (QED) is 0.234.